The zero-order valence-corrected chi connectivity index (χ0v) is 15.0. The zero-order chi connectivity index (χ0) is 17.4. The molecular weight excluding hydrogens is 308 g/mol. The Morgan fingerprint density at radius 3 is 2.76 bits per heavy atom. The highest BCUT2D eigenvalue weighted by Crippen LogP contribution is 2.35. The molecule has 3 aromatic rings. The van der Waals surface area contributed by atoms with Gasteiger partial charge in [-0.05, 0) is 37.0 Å². The third-order valence-electron chi connectivity index (χ3n) is 5.33. The molecule has 1 aliphatic rings. The summed E-state index contributed by atoms with van der Waals surface area (Å²) in [4.78, 5) is 9.17. The number of benzene rings is 1. The van der Waals surface area contributed by atoms with Gasteiger partial charge in [-0.2, -0.15) is 0 Å². The lowest BCUT2D eigenvalue weighted by Crippen LogP contribution is -2.19. The molecule has 0 fully saturated rings. The zero-order valence-electron chi connectivity index (χ0n) is 15.0. The summed E-state index contributed by atoms with van der Waals surface area (Å²) in [5.74, 6) is 2.57. The molecular formula is C21H24N4. The maximum Gasteiger partial charge on any atom is 0.113 e. The highest BCUT2D eigenvalue weighted by molar-refractivity contribution is 5.78. The van der Waals surface area contributed by atoms with E-state index in [0.717, 1.165) is 17.7 Å². The van der Waals surface area contributed by atoms with E-state index in [2.05, 4.69) is 72.8 Å². The Labute approximate surface area is 148 Å². The fourth-order valence-corrected chi connectivity index (χ4v) is 3.92. The molecule has 0 N–H and O–H groups in total. The van der Waals surface area contributed by atoms with E-state index in [-0.39, 0.29) is 0 Å². The van der Waals surface area contributed by atoms with Gasteiger partial charge in [-0.3, -0.25) is 0 Å². The summed E-state index contributed by atoms with van der Waals surface area (Å²) in [5.41, 5.74) is 3.35. The summed E-state index contributed by atoms with van der Waals surface area (Å²) in [6.45, 7) is 7.72. The fraction of sp³-hybridized carbons (Fsp3) is 0.333. The van der Waals surface area contributed by atoms with Crippen molar-refractivity contribution in [2.24, 2.45) is 11.8 Å². The lowest BCUT2D eigenvalue weighted by molar-refractivity contribution is 0.413. The van der Waals surface area contributed by atoms with Crippen molar-refractivity contribution < 1.29 is 0 Å². The smallest absolute Gasteiger partial charge is 0.113 e. The Kier molecular flexibility index (Phi) is 4.04. The molecule has 4 rings (SSSR count). The van der Waals surface area contributed by atoms with Crippen molar-refractivity contribution in [2.45, 2.75) is 33.2 Å². The number of hydrogen-bond acceptors (Lipinski definition) is 2. The van der Waals surface area contributed by atoms with Crippen LogP contribution in [0.4, 0.5) is 0 Å². The first-order valence-electron chi connectivity index (χ1n) is 9.02. The third kappa shape index (κ3) is 2.72. The van der Waals surface area contributed by atoms with Gasteiger partial charge in [-0.25, -0.2) is 9.97 Å². The standard InChI is InChI=1S/C21H24N4/c1-4-25-20-10-9-17(24-12-11-22-14-24)13-19(20)23-21(25)16(3)18-8-6-5-7-15(18)2/h5-16,18H,4H2,1-3H3. The lowest BCUT2D eigenvalue weighted by Gasteiger charge is -2.27. The molecule has 3 atom stereocenters. The second-order valence-corrected chi connectivity index (χ2v) is 6.85. The molecule has 4 nitrogen and oxygen atoms in total. The number of hydrogen-bond donors (Lipinski definition) is 0. The minimum Gasteiger partial charge on any atom is -0.328 e. The van der Waals surface area contributed by atoms with Gasteiger partial charge in [0.15, 0.2) is 0 Å². The first-order chi connectivity index (χ1) is 12.2. The maximum atomic E-state index is 5.03. The van der Waals surface area contributed by atoms with Gasteiger partial charge in [0.05, 0.1) is 17.4 Å². The van der Waals surface area contributed by atoms with E-state index in [1.54, 1.807) is 6.20 Å². The number of fused-ring (bicyclic) bond motifs is 1. The molecule has 0 saturated heterocycles. The van der Waals surface area contributed by atoms with Crippen molar-refractivity contribution in [3.8, 4) is 5.69 Å². The number of rotatable bonds is 4. The molecule has 1 aromatic carbocycles. The lowest BCUT2D eigenvalue weighted by atomic mass is 9.80. The van der Waals surface area contributed by atoms with Crippen LogP contribution in [0.5, 0.6) is 0 Å². The van der Waals surface area contributed by atoms with Crippen LogP contribution >= 0.6 is 0 Å². The van der Waals surface area contributed by atoms with Gasteiger partial charge < -0.3 is 9.13 Å². The Balaban J connectivity index is 1.78. The molecule has 25 heavy (non-hydrogen) atoms. The van der Waals surface area contributed by atoms with E-state index < -0.39 is 0 Å². The normalized spacial score (nSPS) is 21.1. The number of allylic oxidation sites excluding steroid dienone is 4. The first kappa shape index (κ1) is 15.9. The van der Waals surface area contributed by atoms with Gasteiger partial charge in [0, 0.05) is 30.5 Å². The quantitative estimate of drug-likeness (QED) is 0.693. The summed E-state index contributed by atoms with van der Waals surface area (Å²) >= 11 is 0. The minimum atomic E-state index is 0.375. The monoisotopic (exact) mass is 332 g/mol. The van der Waals surface area contributed by atoms with Crippen LogP contribution in [-0.4, -0.2) is 19.1 Å². The van der Waals surface area contributed by atoms with Crippen LogP contribution in [0.15, 0.2) is 61.2 Å². The topological polar surface area (TPSA) is 35.6 Å². The molecule has 0 radical (unpaired) electrons. The van der Waals surface area contributed by atoms with Crippen molar-refractivity contribution in [1.82, 2.24) is 19.1 Å². The SMILES string of the molecule is CCn1c(C(C)C2C=CC=CC2C)nc2cc(-n3ccnc3)ccc21. The van der Waals surface area contributed by atoms with Gasteiger partial charge in [0.2, 0.25) is 0 Å². The number of aromatic nitrogens is 4. The molecule has 1 aliphatic carbocycles. The van der Waals surface area contributed by atoms with Crippen LogP contribution in [-0.2, 0) is 6.54 Å². The minimum absolute atomic E-state index is 0.375. The molecule has 0 bridgehead atoms. The van der Waals surface area contributed by atoms with Gasteiger partial charge in [0.1, 0.15) is 5.82 Å². The average molecular weight is 332 g/mol. The van der Waals surface area contributed by atoms with Crippen molar-refractivity contribution >= 4 is 11.0 Å². The van der Waals surface area contributed by atoms with E-state index in [4.69, 9.17) is 4.98 Å². The highest BCUT2D eigenvalue weighted by atomic mass is 15.1. The molecule has 4 heteroatoms. The van der Waals surface area contributed by atoms with Crippen LogP contribution in [0.1, 0.15) is 32.5 Å². The molecule has 128 valence electrons. The molecule has 2 aromatic heterocycles. The summed E-state index contributed by atoms with van der Waals surface area (Å²) in [6.07, 6.45) is 14.5. The van der Waals surface area contributed by atoms with Gasteiger partial charge in [0.25, 0.3) is 0 Å². The van der Waals surface area contributed by atoms with E-state index in [1.165, 1.54) is 11.3 Å². The fourth-order valence-electron chi connectivity index (χ4n) is 3.92. The van der Waals surface area contributed by atoms with Crippen LogP contribution in [0.2, 0.25) is 0 Å². The van der Waals surface area contributed by atoms with Crippen LogP contribution in [0.3, 0.4) is 0 Å². The van der Waals surface area contributed by atoms with Crippen molar-refractivity contribution in [3.63, 3.8) is 0 Å². The van der Waals surface area contributed by atoms with Crippen LogP contribution in [0.25, 0.3) is 16.7 Å². The number of nitrogens with zero attached hydrogens (tertiary/aromatic N) is 4. The average Bonchev–Trinajstić information content (AvgIpc) is 3.28. The Morgan fingerprint density at radius 2 is 2.04 bits per heavy atom. The van der Waals surface area contributed by atoms with E-state index in [0.29, 0.717) is 17.8 Å². The molecule has 2 heterocycles. The second-order valence-electron chi connectivity index (χ2n) is 6.85. The van der Waals surface area contributed by atoms with Gasteiger partial charge in [-0.1, -0.05) is 38.2 Å². The summed E-state index contributed by atoms with van der Waals surface area (Å²) in [5, 5.41) is 0. The predicted molar refractivity (Wildman–Crippen MR) is 102 cm³/mol. The first-order valence-corrected chi connectivity index (χ1v) is 9.02. The largest absolute Gasteiger partial charge is 0.328 e. The third-order valence-corrected chi connectivity index (χ3v) is 5.33. The Hall–Kier alpha value is -2.62. The number of imidazole rings is 2. The predicted octanol–water partition coefficient (Wildman–Crippen LogP) is 4.72. The summed E-state index contributed by atoms with van der Waals surface area (Å²) in [6, 6.07) is 6.47. The van der Waals surface area contributed by atoms with Crippen molar-refractivity contribution in [2.75, 3.05) is 0 Å². The Bertz CT molecular complexity index is 930. The number of aryl methyl sites for hydroxylation is 1. The molecule has 3 unspecified atom stereocenters. The second kappa shape index (κ2) is 6.36. The molecule has 0 amide bonds. The summed E-state index contributed by atoms with van der Waals surface area (Å²) in [7, 11) is 0. The van der Waals surface area contributed by atoms with E-state index >= 15 is 0 Å². The Morgan fingerprint density at radius 1 is 1.20 bits per heavy atom. The van der Waals surface area contributed by atoms with E-state index in [9.17, 15) is 0 Å². The molecule has 0 spiro atoms. The molecule has 0 aliphatic heterocycles. The van der Waals surface area contributed by atoms with Gasteiger partial charge >= 0.3 is 0 Å². The van der Waals surface area contributed by atoms with Crippen LogP contribution < -0.4 is 0 Å². The highest BCUT2D eigenvalue weighted by Gasteiger charge is 2.26. The van der Waals surface area contributed by atoms with Crippen molar-refractivity contribution in [3.05, 3.63) is 67.0 Å². The van der Waals surface area contributed by atoms with Gasteiger partial charge in [-0.15, -0.1) is 0 Å². The summed E-state index contributed by atoms with van der Waals surface area (Å²) < 4.78 is 4.38. The van der Waals surface area contributed by atoms with Crippen molar-refractivity contribution in [1.29, 1.82) is 0 Å². The van der Waals surface area contributed by atoms with E-state index in [1.807, 2.05) is 17.1 Å². The molecule has 0 saturated carbocycles. The maximum absolute atomic E-state index is 5.03. The van der Waals surface area contributed by atoms with Crippen LogP contribution in [0, 0.1) is 11.8 Å².